The molecule has 0 aliphatic heterocycles. The van der Waals surface area contributed by atoms with Crippen molar-refractivity contribution >= 4 is 33.4 Å². The maximum Gasteiger partial charge on any atom is 0.243 e. The van der Waals surface area contributed by atoms with Gasteiger partial charge in [0.1, 0.15) is 0 Å². The molecule has 0 saturated heterocycles. The minimum Gasteiger partial charge on any atom is -0.325 e. The fourth-order valence-electron chi connectivity index (χ4n) is 3.16. The average molecular weight is 455 g/mol. The van der Waals surface area contributed by atoms with Crippen LogP contribution in [0.5, 0.6) is 0 Å². The van der Waals surface area contributed by atoms with Crippen LogP contribution in [0.1, 0.15) is 16.7 Å². The van der Waals surface area contributed by atoms with E-state index in [4.69, 9.17) is 0 Å². The van der Waals surface area contributed by atoms with Gasteiger partial charge in [-0.25, -0.2) is 8.42 Å². The van der Waals surface area contributed by atoms with E-state index in [1.54, 1.807) is 42.1 Å². The monoisotopic (exact) mass is 454 g/mol. The van der Waals surface area contributed by atoms with Gasteiger partial charge in [0.2, 0.25) is 15.9 Å². The first-order valence-corrected chi connectivity index (χ1v) is 12.5. The van der Waals surface area contributed by atoms with Gasteiger partial charge in [-0.1, -0.05) is 53.6 Å². The number of thioether (sulfide) groups is 1. The number of hydrogen-bond acceptors (Lipinski definition) is 4. The second-order valence-electron chi connectivity index (χ2n) is 7.36. The van der Waals surface area contributed by atoms with E-state index in [0.717, 1.165) is 21.6 Å². The molecule has 0 bridgehead atoms. The Hall–Kier alpha value is -2.61. The van der Waals surface area contributed by atoms with E-state index in [-0.39, 0.29) is 23.9 Å². The minimum atomic E-state index is -3.86. The highest BCUT2D eigenvalue weighted by molar-refractivity contribution is 7.98. The van der Waals surface area contributed by atoms with Crippen molar-refractivity contribution in [3.05, 3.63) is 89.5 Å². The Balaban J connectivity index is 1.87. The maximum absolute atomic E-state index is 13.4. The van der Waals surface area contributed by atoms with Crippen molar-refractivity contribution in [3.8, 4) is 0 Å². The van der Waals surface area contributed by atoms with Crippen LogP contribution in [0.15, 0.2) is 82.6 Å². The minimum absolute atomic E-state index is 0.107. The number of amides is 1. The molecule has 1 amide bonds. The van der Waals surface area contributed by atoms with Crippen LogP contribution in [0, 0.1) is 13.8 Å². The highest BCUT2D eigenvalue weighted by atomic mass is 32.2. The van der Waals surface area contributed by atoms with Crippen LogP contribution in [-0.2, 0) is 21.4 Å². The summed E-state index contributed by atoms with van der Waals surface area (Å²) in [6, 6.07) is 21.8. The molecular formula is C24H26N2O3S2. The summed E-state index contributed by atoms with van der Waals surface area (Å²) in [6.07, 6.45) is 1.96. The van der Waals surface area contributed by atoms with Crippen molar-refractivity contribution in [2.24, 2.45) is 0 Å². The molecule has 0 fully saturated rings. The lowest BCUT2D eigenvalue weighted by Gasteiger charge is -2.22. The van der Waals surface area contributed by atoms with Gasteiger partial charge in [-0.15, -0.1) is 11.8 Å². The zero-order chi connectivity index (χ0) is 22.4. The number of carbonyl (C=O) groups is 1. The largest absolute Gasteiger partial charge is 0.325 e. The van der Waals surface area contributed by atoms with Crippen LogP contribution in [0.3, 0.4) is 0 Å². The van der Waals surface area contributed by atoms with Gasteiger partial charge in [0.15, 0.2) is 0 Å². The van der Waals surface area contributed by atoms with Crippen molar-refractivity contribution in [1.29, 1.82) is 0 Å². The van der Waals surface area contributed by atoms with E-state index in [1.165, 1.54) is 4.31 Å². The van der Waals surface area contributed by atoms with E-state index in [1.807, 2.05) is 62.6 Å². The number of anilines is 1. The SMILES string of the molecule is CSc1cccc(NC(=O)CN(Cc2cccc(C)c2)S(=O)(=O)c2ccc(C)cc2)c1. The molecule has 0 unspecified atom stereocenters. The normalized spacial score (nSPS) is 11.5. The molecule has 0 atom stereocenters. The van der Waals surface area contributed by atoms with Gasteiger partial charge < -0.3 is 5.32 Å². The van der Waals surface area contributed by atoms with Crippen LogP contribution in [0.2, 0.25) is 0 Å². The van der Waals surface area contributed by atoms with E-state index < -0.39 is 10.0 Å². The van der Waals surface area contributed by atoms with Crippen LogP contribution < -0.4 is 5.32 Å². The number of aryl methyl sites for hydroxylation is 2. The number of sulfonamides is 1. The molecule has 0 radical (unpaired) electrons. The topological polar surface area (TPSA) is 66.5 Å². The van der Waals surface area contributed by atoms with Gasteiger partial charge in [-0.3, -0.25) is 4.79 Å². The molecule has 5 nitrogen and oxygen atoms in total. The number of nitrogens with zero attached hydrogens (tertiary/aromatic N) is 1. The predicted molar refractivity (Wildman–Crippen MR) is 127 cm³/mol. The molecule has 0 aromatic heterocycles. The summed E-state index contributed by atoms with van der Waals surface area (Å²) in [4.78, 5) is 14.0. The third-order valence-electron chi connectivity index (χ3n) is 4.77. The van der Waals surface area contributed by atoms with Gasteiger partial charge >= 0.3 is 0 Å². The first kappa shape index (κ1) is 23.1. The van der Waals surface area contributed by atoms with Gasteiger partial charge in [-0.05, 0) is 56.0 Å². The quantitative estimate of drug-likeness (QED) is 0.494. The Morgan fingerprint density at radius 1 is 0.935 bits per heavy atom. The summed E-state index contributed by atoms with van der Waals surface area (Å²) >= 11 is 1.57. The maximum atomic E-state index is 13.4. The fourth-order valence-corrected chi connectivity index (χ4v) is 5.00. The third-order valence-corrected chi connectivity index (χ3v) is 7.30. The fraction of sp³-hybridized carbons (Fsp3) is 0.208. The summed E-state index contributed by atoms with van der Waals surface area (Å²) in [5.74, 6) is -0.387. The first-order chi connectivity index (χ1) is 14.8. The number of nitrogens with one attached hydrogen (secondary N) is 1. The number of benzene rings is 3. The molecule has 3 aromatic rings. The van der Waals surface area contributed by atoms with Gasteiger partial charge in [0.05, 0.1) is 11.4 Å². The molecule has 0 spiro atoms. The van der Waals surface area contributed by atoms with E-state index in [2.05, 4.69) is 5.32 Å². The summed E-state index contributed by atoms with van der Waals surface area (Å²) < 4.78 is 28.0. The van der Waals surface area contributed by atoms with E-state index in [0.29, 0.717) is 5.69 Å². The molecule has 31 heavy (non-hydrogen) atoms. The molecular weight excluding hydrogens is 428 g/mol. The zero-order valence-corrected chi connectivity index (χ0v) is 19.5. The first-order valence-electron chi connectivity index (χ1n) is 9.84. The Labute approximate surface area is 188 Å². The number of carbonyl (C=O) groups excluding carboxylic acids is 1. The average Bonchev–Trinajstić information content (AvgIpc) is 2.73. The van der Waals surface area contributed by atoms with Crippen LogP contribution in [0.25, 0.3) is 0 Å². The van der Waals surface area contributed by atoms with Crippen molar-refractivity contribution in [3.63, 3.8) is 0 Å². The highest BCUT2D eigenvalue weighted by Crippen LogP contribution is 2.21. The molecule has 0 aliphatic carbocycles. The lowest BCUT2D eigenvalue weighted by Crippen LogP contribution is -2.37. The molecule has 162 valence electrons. The summed E-state index contributed by atoms with van der Waals surface area (Å²) in [7, 11) is -3.86. The summed E-state index contributed by atoms with van der Waals surface area (Å²) in [5, 5.41) is 2.82. The molecule has 7 heteroatoms. The number of hydrogen-bond donors (Lipinski definition) is 1. The van der Waals surface area contributed by atoms with Crippen LogP contribution >= 0.6 is 11.8 Å². The molecule has 0 aliphatic rings. The van der Waals surface area contributed by atoms with Crippen molar-refractivity contribution in [1.82, 2.24) is 4.31 Å². The third kappa shape index (κ3) is 6.19. The molecule has 0 heterocycles. The van der Waals surface area contributed by atoms with Crippen LogP contribution in [0.4, 0.5) is 5.69 Å². The number of rotatable bonds is 8. The predicted octanol–water partition coefficient (Wildman–Crippen LogP) is 4.85. The lowest BCUT2D eigenvalue weighted by atomic mass is 10.1. The zero-order valence-electron chi connectivity index (χ0n) is 17.8. The highest BCUT2D eigenvalue weighted by Gasteiger charge is 2.27. The summed E-state index contributed by atoms with van der Waals surface area (Å²) in [5.41, 5.74) is 3.46. The van der Waals surface area contributed by atoms with Crippen molar-refractivity contribution in [2.75, 3.05) is 18.1 Å². The Bertz CT molecular complexity index is 1160. The lowest BCUT2D eigenvalue weighted by molar-refractivity contribution is -0.116. The van der Waals surface area contributed by atoms with Gasteiger partial charge in [0, 0.05) is 17.1 Å². The van der Waals surface area contributed by atoms with Gasteiger partial charge in [-0.2, -0.15) is 4.31 Å². The van der Waals surface area contributed by atoms with Crippen molar-refractivity contribution in [2.45, 2.75) is 30.2 Å². The standard InChI is InChI=1S/C24H26N2O3S2/c1-18-10-12-23(13-11-18)31(28,29)26(16-20-7-4-6-19(2)14-20)17-24(27)25-21-8-5-9-22(15-21)30-3/h4-15H,16-17H2,1-3H3,(H,25,27). The smallest absolute Gasteiger partial charge is 0.243 e. The Morgan fingerprint density at radius 3 is 2.32 bits per heavy atom. The molecule has 1 N–H and O–H groups in total. The second-order valence-corrected chi connectivity index (χ2v) is 10.2. The summed E-state index contributed by atoms with van der Waals surface area (Å²) in [6.45, 7) is 3.68. The molecule has 3 aromatic carbocycles. The van der Waals surface area contributed by atoms with Gasteiger partial charge in [0.25, 0.3) is 0 Å². The second kappa shape index (κ2) is 10.1. The Morgan fingerprint density at radius 2 is 1.65 bits per heavy atom. The molecule has 3 rings (SSSR count). The molecule has 0 saturated carbocycles. The van der Waals surface area contributed by atoms with Crippen molar-refractivity contribution < 1.29 is 13.2 Å². The Kier molecular flexibility index (Phi) is 7.54. The van der Waals surface area contributed by atoms with E-state index in [9.17, 15) is 13.2 Å². The van der Waals surface area contributed by atoms with E-state index >= 15 is 0 Å². The van der Waals surface area contributed by atoms with Crippen LogP contribution in [-0.4, -0.2) is 31.4 Å².